The Kier molecular flexibility index (Phi) is 6.46. The molecule has 0 saturated carbocycles. The Morgan fingerprint density at radius 3 is 2.00 bits per heavy atom. The highest BCUT2D eigenvalue weighted by Gasteiger charge is 2.34. The van der Waals surface area contributed by atoms with Crippen molar-refractivity contribution in [2.24, 2.45) is 0 Å². The number of nitro groups is 1. The quantitative estimate of drug-likeness (QED) is 0.229. The van der Waals surface area contributed by atoms with Gasteiger partial charge in [0.25, 0.3) is 5.69 Å². The van der Waals surface area contributed by atoms with E-state index in [-0.39, 0.29) is 21.9 Å². The van der Waals surface area contributed by atoms with E-state index in [2.05, 4.69) is 0 Å². The zero-order valence-corrected chi connectivity index (χ0v) is 16.8. The fraction of sp³-hybridized carbons (Fsp3) is 0.0952. The van der Waals surface area contributed by atoms with Crippen LogP contribution in [0.5, 0.6) is 0 Å². The highest BCUT2D eigenvalue weighted by Crippen LogP contribution is 2.27. The lowest BCUT2D eigenvalue weighted by molar-refractivity contribution is -0.384. The van der Waals surface area contributed by atoms with Crippen LogP contribution in [-0.2, 0) is 9.84 Å². The Morgan fingerprint density at radius 2 is 1.45 bits per heavy atom. The molecule has 3 aromatic carbocycles. The van der Waals surface area contributed by atoms with Gasteiger partial charge in [-0.15, -0.1) is 11.8 Å². The number of hydrogen-bond donors (Lipinski definition) is 0. The van der Waals surface area contributed by atoms with E-state index in [9.17, 15) is 23.3 Å². The minimum absolute atomic E-state index is 0.0249. The number of ketones is 1. The van der Waals surface area contributed by atoms with E-state index < -0.39 is 25.8 Å². The Labute approximate surface area is 172 Å². The van der Waals surface area contributed by atoms with Crippen LogP contribution in [0.1, 0.15) is 10.4 Å². The van der Waals surface area contributed by atoms with Crippen molar-refractivity contribution in [3.63, 3.8) is 0 Å². The lowest BCUT2D eigenvalue weighted by Gasteiger charge is -2.17. The first-order chi connectivity index (χ1) is 13.9. The summed E-state index contributed by atoms with van der Waals surface area (Å²) in [5.41, 5.74) is -0.0450. The van der Waals surface area contributed by atoms with Crippen molar-refractivity contribution in [1.29, 1.82) is 0 Å². The number of Topliss-reactive ketones (excluding diaryl/α,β-unsaturated/α-hetero) is 1. The van der Waals surface area contributed by atoms with E-state index in [4.69, 9.17) is 0 Å². The molecule has 0 aliphatic carbocycles. The standard InChI is InChI=1S/C21H17NO5S2/c23-21(16-11-13-17(14-12-16)22(24)25)20(15-28-18-7-3-1-4-8-18)29(26,27)19-9-5-2-6-10-19/h1-14,20H,15H2. The smallest absolute Gasteiger partial charge is 0.269 e. The van der Waals surface area contributed by atoms with Gasteiger partial charge < -0.3 is 0 Å². The fourth-order valence-electron chi connectivity index (χ4n) is 2.70. The molecule has 0 radical (unpaired) electrons. The zero-order valence-electron chi connectivity index (χ0n) is 15.2. The second-order valence-corrected chi connectivity index (χ2v) is 9.36. The summed E-state index contributed by atoms with van der Waals surface area (Å²) >= 11 is 1.27. The molecule has 0 N–H and O–H groups in total. The van der Waals surface area contributed by atoms with Gasteiger partial charge in [-0.2, -0.15) is 0 Å². The maximum absolute atomic E-state index is 13.2. The molecule has 0 aromatic heterocycles. The van der Waals surface area contributed by atoms with Crippen molar-refractivity contribution in [2.75, 3.05) is 5.75 Å². The topological polar surface area (TPSA) is 94.3 Å². The second-order valence-electron chi connectivity index (χ2n) is 6.14. The van der Waals surface area contributed by atoms with Gasteiger partial charge in [0, 0.05) is 28.3 Å². The van der Waals surface area contributed by atoms with Crippen LogP contribution < -0.4 is 0 Å². The molecule has 0 spiro atoms. The van der Waals surface area contributed by atoms with Crippen molar-refractivity contribution in [3.05, 3.63) is 101 Å². The molecule has 0 amide bonds. The van der Waals surface area contributed by atoms with Crippen molar-refractivity contribution >= 4 is 33.1 Å². The highest BCUT2D eigenvalue weighted by atomic mass is 32.2. The van der Waals surface area contributed by atoms with Gasteiger partial charge in [0.15, 0.2) is 15.6 Å². The van der Waals surface area contributed by atoms with E-state index in [0.29, 0.717) is 0 Å². The molecule has 3 rings (SSSR count). The first kappa shape index (κ1) is 20.8. The number of rotatable bonds is 8. The number of benzene rings is 3. The SMILES string of the molecule is O=C(c1ccc([N+](=O)[O-])cc1)C(CSc1ccccc1)S(=O)(=O)c1ccccc1. The molecule has 0 aliphatic heterocycles. The van der Waals surface area contributed by atoms with Crippen molar-refractivity contribution in [3.8, 4) is 0 Å². The molecule has 0 bridgehead atoms. The molecular weight excluding hydrogens is 410 g/mol. The number of non-ortho nitro benzene ring substituents is 1. The maximum Gasteiger partial charge on any atom is 0.269 e. The van der Waals surface area contributed by atoms with E-state index in [0.717, 1.165) is 4.90 Å². The molecule has 0 aliphatic rings. The third-order valence-corrected chi connectivity index (χ3v) is 7.62. The Morgan fingerprint density at radius 1 is 0.897 bits per heavy atom. The first-order valence-corrected chi connectivity index (χ1v) is 11.2. The van der Waals surface area contributed by atoms with Crippen molar-refractivity contribution in [1.82, 2.24) is 0 Å². The van der Waals surface area contributed by atoms with Crippen LogP contribution in [0.15, 0.2) is 94.7 Å². The van der Waals surface area contributed by atoms with E-state index in [1.165, 1.54) is 48.2 Å². The molecule has 3 aromatic rings. The molecule has 0 heterocycles. The molecule has 0 fully saturated rings. The van der Waals surface area contributed by atoms with Gasteiger partial charge >= 0.3 is 0 Å². The molecule has 1 atom stereocenters. The third-order valence-electron chi connectivity index (χ3n) is 4.25. The van der Waals surface area contributed by atoms with Crippen LogP contribution in [-0.4, -0.2) is 30.1 Å². The Hall–Kier alpha value is -2.97. The van der Waals surface area contributed by atoms with Gasteiger partial charge in [0.2, 0.25) is 0 Å². The number of thioether (sulfide) groups is 1. The van der Waals surface area contributed by atoms with Crippen LogP contribution in [0.25, 0.3) is 0 Å². The van der Waals surface area contributed by atoms with Crippen molar-refractivity contribution in [2.45, 2.75) is 15.0 Å². The summed E-state index contributed by atoms with van der Waals surface area (Å²) in [5, 5.41) is 9.52. The lowest BCUT2D eigenvalue weighted by atomic mass is 10.1. The second kappa shape index (κ2) is 9.02. The average molecular weight is 428 g/mol. The number of nitro benzene ring substituents is 1. The first-order valence-electron chi connectivity index (χ1n) is 8.65. The summed E-state index contributed by atoms with van der Waals surface area (Å²) in [6.07, 6.45) is 0. The summed E-state index contributed by atoms with van der Waals surface area (Å²) in [7, 11) is -3.95. The van der Waals surface area contributed by atoms with Gasteiger partial charge in [-0.3, -0.25) is 14.9 Å². The van der Waals surface area contributed by atoms with Gasteiger partial charge in [-0.1, -0.05) is 36.4 Å². The van der Waals surface area contributed by atoms with E-state index >= 15 is 0 Å². The van der Waals surface area contributed by atoms with E-state index in [1.54, 1.807) is 18.2 Å². The lowest BCUT2D eigenvalue weighted by Crippen LogP contribution is -2.33. The number of carbonyl (C=O) groups is 1. The van der Waals surface area contributed by atoms with Crippen LogP contribution in [0.2, 0.25) is 0 Å². The maximum atomic E-state index is 13.2. The summed E-state index contributed by atoms with van der Waals surface area (Å²) in [6, 6.07) is 22.0. The van der Waals surface area contributed by atoms with E-state index in [1.807, 2.05) is 30.3 Å². The van der Waals surface area contributed by atoms with Gasteiger partial charge in [-0.25, -0.2) is 8.42 Å². The van der Waals surface area contributed by atoms with Crippen LogP contribution in [0.4, 0.5) is 5.69 Å². The Bertz CT molecular complexity index is 1100. The molecule has 29 heavy (non-hydrogen) atoms. The average Bonchev–Trinajstić information content (AvgIpc) is 2.75. The molecule has 8 heteroatoms. The minimum atomic E-state index is -3.95. The van der Waals surface area contributed by atoms with Crippen molar-refractivity contribution < 1.29 is 18.1 Å². The van der Waals surface area contributed by atoms with Gasteiger partial charge in [0.1, 0.15) is 5.25 Å². The molecule has 148 valence electrons. The molecule has 6 nitrogen and oxygen atoms in total. The number of carbonyl (C=O) groups excluding carboxylic acids is 1. The molecule has 1 unspecified atom stereocenters. The predicted octanol–water partition coefficient (Wildman–Crippen LogP) is 4.41. The van der Waals surface area contributed by atoms with Crippen LogP contribution in [0.3, 0.4) is 0 Å². The van der Waals surface area contributed by atoms with Crippen LogP contribution >= 0.6 is 11.8 Å². The highest BCUT2D eigenvalue weighted by molar-refractivity contribution is 8.01. The molecule has 0 saturated heterocycles. The Balaban J connectivity index is 1.95. The number of nitrogens with zero attached hydrogens (tertiary/aromatic N) is 1. The summed E-state index contributed by atoms with van der Waals surface area (Å²) in [5.74, 6) is -0.566. The summed E-state index contributed by atoms with van der Waals surface area (Å²) in [4.78, 5) is 24.3. The summed E-state index contributed by atoms with van der Waals surface area (Å²) < 4.78 is 26.4. The third kappa shape index (κ3) is 4.90. The zero-order chi connectivity index (χ0) is 20.9. The minimum Gasteiger partial charge on any atom is -0.293 e. The number of sulfone groups is 1. The fourth-order valence-corrected chi connectivity index (χ4v) is 5.75. The molecular formula is C21H17NO5S2. The largest absolute Gasteiger partial charge is 0.293 e. The predicted molar refractivity (Wildman–Crippen MR) is 112 cm³/mol. The van der Waals surface area contributed by atoms with Gasteiger partial charge in [-0.05, 0) is 36.4 Å². The summed E-state index contributed by atoms with van der Waals surface area (Å²) in [6.45, 7) is 0. The normalized spacial score (nSPS) is 12.3. The van der Waals surface area contributed by atoms with Gasteiger partial charge in [0.05, 0.1) is 9.82 Å². The monoisotopic (exact) mass is 427 g/mol. The number of hydrogen-bond acceptors (Lipinski definition) is 6. The van der Waals surface area contributed by atoms with Crippen LogP contribution in [0, 0.1) is 10.1 Å².